The molecule has 1 aromatic heterocycles. The third-order valence-corrected chi connectivity index (χ3v) is 5.35. The second-order valence-corrected chi connectivity index (χ2v) is 7.25. The van der Waals surface area contributed by atoms with E-state index in [1.165, 1.54) is 0 Å². The van der Waals surface area contributed by atoms with Crippen LogP contribution >= 0.6 is 15.9 Å². The quantitative estimate of drug-likeness (QED) is 0.651. The topological polar surface area (TPSA) is 56.3 Å². The van der Waals surface area contributed by atoms with Crippen LogP contribution in [-0.4, -0.2) is 29.8 Å². The van der Waals surface area contributed by atoms with Gasteiger partial charge in [-0.3, -0.25) is 0 Å². The molecule has 26 heavy (non-hydrogen) atoms. The average Bonchev–Trinajstić information content (AvgIpc) is 2.91. The molecule has 3 rings (SSSR count). The number of nitrogens with two attached hydrogens (primary N) is 1. The molecule has 0 radical (unpaired) electrons. The number of hydrogen-bond acceptors (Lipinski definition) is 4. The molecule has 138 valence electrons. The van der Waals surface area contributed by atoms with E-state index in [1.54, 1.807) is 7.11 Å². The third-order valence-electron chi connectivity index (χ3n) is 4.89. The zero-order valence-corrected chi connectivity index (χ0v) is 17.5. The second-order valence-electron chi connectivity index (χ2n) is 6.33. The fourth-order valence-electron chi connectivity index (χ4n) is 3.56. The number of aryl methyl sites for hydroxylation is 2. The molecule has 0 saturated carbocycles. The average molecular weight is 417 g/mol. The summed E-state index contributed by atoms with van der Waals surface area (Å²) in [6.45, 7) is 8.25. The van der Waals surface area contributed by atoms with Gasteiger partial charge in [-0.25, -0.2) is 4.98 Å². The van der Waals surface area contributed by atoms with E-state index in [9.17, 15) is 0 Å². The van der Waals surface area contributed by atoms with Crippen molar-refractivity contribution in [2.24, 2.45) is 7.05 Å². The van der Waals surface area contributed by atoms with E-state index >= 15 is 0 Å². The number of fused-ring (bicyclic) bond motifs is 1. The highest BCUT2D eigenvalue weighted by Crippen LogP contribution is 2.42. The molecule has 6 heteroatoms. The van der Waals surface area contributed by atoms with Gasteiger partial charge in [-0.1, -0.05) is 15.9 Å². The number of nitrogens with zero attached hydrogens (tertiary/aromatic N) is 3. The minimum absolute atomic E-state index is 0.509. The van der Waals surface area contributed by atoms with E-state index in [0.717, 1.165) is 56.7 Å². The normalized spacial score (nSPS) is 11.2. The Kier molecular flexibility index (Phi) is 5.14. The Morgan fingerprint density at radius 3 is 2.54 bits per heavy atom. The van der Waals surface area contributed by atoms with E-state index in [0.29, 0.717) is 5.95 Å². The number of methoxy groups -OCH3 is 1. The summed E-state index contributed by atoms with van der Waals surface area (Å²) >= 11 is 3.55. The Hall–Kier alpha value is -2.21. The molecule has 0 aliphatic rings. The van der Waals surface area contributed by atoms with Crippen molar-refractivity contribution < 1.29 is 4.74 Å². The van der Waals surface area contributed by atoms with Crippen LogP contribution in [0.15, 0.2) is 28.7 Å². The molecule has 0 bridgehead atoms. The number of benzene rings is 2. The smallest absolute Gasteiger partial charge is 0.201 e. The number of rotatable bonds is 5. The lowest BCUT2D eigenvalue weighted by Crippen LogP contribution is -2.22. The molecule has 0 aliphatic carbocycles. The Labute approximate surface area is 162 Å². The predicted molar refractivity (Wildman–Crippen MR) is 113 cm³/mol. The third kappa shape index (κ3) is 2.92. The van der Waals surface area contributed by atoms with E-state index in [2.05, 4.69) is 64.8 Å². The number of imidazole rings is 1. The first-order valence-electron chi connectivity index (χ1n) is 8.77. The maximum atomic E-state index is 6.18. The number of ether oxygens (including phenoxy) is 1. The summed E-state index contributed by atoms with van der Waals surface area (Å²) in [6, 6.07) is 8.36. The fourth-order valence-corrected chi connectivity index (χ4v) is 4.11. The van der Waals surface area contributed by atoms with Gasteiger partial charge in [-0.15, -0.1) is 0 Å². The predicted octanol–water partition coefficient (Wildman–Crippen LogP) is 4.75. The monoisotopic (exact) mass is 416 g/mol. The van der Waals surface area contributed by atoms with Crippen LogP contribution in [-0.2, 0) is 7.05 Å². The summed E-state index contributed by atoms with van der Waals surface area (Å²) in [4.78, 5) is 7.00. The van der Waals surface area contributed by atoms with Crippen LogP contribution in [0.3, 0.4) is 0 Å². The molecule has 3 aromatic rings. The zero-order chi connectivity index (χ0) is 19.0. The Balaban J connectivity index is 2.38. The molecule has 5 nitrogen and oxygen atoms in total. The van der Waals surface area contributed by atoms with Crippen molar-refractivity contribution >= 4 is 38.6 Å². The van der Waals surface area contributed by atoms with Gasteiger partial charge in [0.15, 0.2) is 0 Å². The Morgan fingerprint density at radius 2 is 1.92 bits per heavy atom. The van der Waals surface area contributed by atoms with Crippen molar-refractivity contribution in [2.45, 2.75) is 20.8 Å². The molecule has 0 spiro atoms. The van der Waals surface area contributed by atoms with Gasteiger partial charge in [-0.05, 0) is 50.6 Å². The van der Waals surface area contributed by atoms with E-state index in [1.807, 2.05) is 17.7 Å². The summed E-state index contributed by atoms with van der Waals surface area (Å²) in [5.41, 5.74) is 12.5. The van der Waals surface area contributed by atoms with Gasteiger partial charge < -0.3 is 19.9 Å². The van der Waals surface area contributed by atoms with Crippen LogP contribution in [0.5, 0.6) is 5.75 Å². The zero-order valence-electron chi connectivity index (χ0n) is 15.9. The maximum absolute atomic E-state index is 6.18. The molecular formula is C20H25BrN4O. The van der Waals surface area contributed by atoms with Crippen molar-refractivity contribution in [2.75, 3.05) is 30.8 Å². The minimum atomic E-state index is 0.509. The minimum Gasteiger partial charge on any atom is -0.496 e. The first-order valence-corrected chi connectivity index (χ1v) is 9.56. The van der Waals surface area contributed by atoms with E-state index in [-0.39, 0.29) is 0 Å². The van der Waals surface area contributed by atoms with E-state index < -0.39 is 0 Å². The first-order chi connectivity index (χ1) is 12.4. The second kappa shape index (κ2) is 7.19. The lowest BCUT2D eigenvalue weighted by Gasteiger charge is -2.23. The Morgan fingerprint density at radius 1 is 1.23 bits per heavy atom. The molecule has 0 saturated heterocycles. The van der Waals surface area contributed by atoms with Crippen LogP contribution in [0.4, 0.5) is 11.6 Å². The number of hydrogen-bond donors (Lipinski definition) is 1. The molecule has 1 heterocycles. The van der Waals surface area contributed by atoms with Gasteiger partial charge >= 0.3 is 0 Å². The van der Waals surface area contributed by atoms with Crippen LogP contribution in [0.1, 0.15) is 19.4 Å². The van der Waals surface area contributed by atoms with Crippen LogP contribution in [0.25, 0.3) is 22.2 Å². The number of aromatic nitrogens is 2. The van der Waals surface area contributed by atoms with Gasteiger partial charge in [0.05, 0.1) is 18.3 Å². The van der Waals surface area contributed by atoms with Crippen LogP contribution in [0.2, 0.25) is 0 Å². The highest BCUT2D eigenvalue weighted by molar-refractivity contribution is 9.10. The van der Waals surface area contributed by atoms with Crippen LogP contribution < -0.4 is 15.4 Å². The van der Waals surface area contributed by atoms with Gasteiger partial charge in [0.1, 0.15) is 11.3 Å². The highest BCUT2D eigenvalue weighted by atomic mass is 79.9. The maximum Gasteiger partial charge on any atom is 0.201 e. The molecule has 0 amide bonds. The molecule has 0 unspecified atom stereocenters. The van der Waals surface area contributed by atoms with Gasteiger partial charge in [-0.2, -0.15) is 0 Å². The lowest BCUT2D eigenvalue weighted by atomic mass is 9.97. The van der Waals surface area contributed by atoms with Crippen molar-refractivity contribution in [1.82, 2.24) is 9.55 Å². The SMILES string of the molecule is CCN(CC)c1ccc(-c2c(C)cc(Br)cc2OC)c2nc(N)n(C)c12. The summed E-state index contributed by atoms with van der Waals surface area (Å²) < 4.78 is 8.62. The van der Waals surface area contributed by atoms with Crippen molar-refractivity contribution in [3.05, 3.63) is 34.3 Å². The van der Waals surface area contributed by atoms with Gasteiger partial charge in [0, 0.05) is 35.7 Å². The summed E-state index contributed by atoms with van der Waals surface area (Å²) in [5.74, 6) is 1.33. The van der Waals surface area contributed by atoms with Crippen LogP contribution in [0, 0.1) is 6.92 Å². The molecule has 2 N–H and O–H groups in total. The molecule has 2 aromatic carbocycles. The summed E-state index contributed by atoms with van der Waals surface area (Å²) in [6.07, 6.45) is 0. The fraction of sp³-hybridized carbons (Fsp3) is 0.350. The molecule has 0 atom stereocenters. The van der Waals surface area contributed by atoms with Crippen molar-refractivity contribution in [3.63, 3.8) is 0 Å². The number of anilines is 2. The van der Waals surface area contributed by atoms with Crippen molar-refractivity contribution in [1.29, 1.82) is 0 Å². The highest BCUT2D eigenvalue weighted by Gasteiger charge is 2.20. The molecule has 0 fully saturated rings. The molecular weight excluding hydrogens is 392 g/mol. The lowest BCUT2D eigenvalue weighted by molar-refractivity contribution is 0.416. The summed E-state index contributed by atoms with van der Waals surface area (Å²) in [7, 11) is 3.66. The van der Waals surface area contributed by atoms with Gasteiger partial charge in [0.25, 0.3) is 0 Å². The summed E-state index contributed by atoms with van der Waals surface area (Å²) in [5, 5.41) is 0. The number of halogens is 1. The van der Waals surface area contributed by atoms with E-state index in [4.69, 9.17) is 10.5 Å². The standard InChI is InChI=1S/C20H25BrN4O/c1-6-25(7-2)15-9-8-14(18-19(15)24(4)20(22)23-18)17-12(3)10-13(21)11-16(17)26-5/h8-11H,6-7H2,1-5H3,(H2,22,23). The first kappa shape index (κ1) is 18.6. The van der Waals surface area contributed by atoms with Crippen molar-refractivity contribution in [3.8, 4) is 16.9 Å². The Bertz CT molecular complexity index is 960. The molecule has 0 aliphatic heterocycles. The number of nitrogen functional groups attached to an aromatic ring is 1. The largest absolute Gasteiger partial charge is 0.496 e. The van der Waals surface area contributed by atoms with Gasteiger partial charge in [0.2, 0.25) is 5.95 Å².